The van der Waals surface area contributed by atoms with Crippen LogP contribution in [0.3, 0.4) is 0 Å². The van der Waals surface area contributed by atoms with Crippen molar-refractivity contribution in [3.8, 4) is 5.75 Å². The summed E-state index contributed by atoms with van der Waals surface area (Å²) in [6, 6.07) is 9.36. The van der Waals surface area contributed by atoms with Crippen molar-refractivity contribution >= 4 is 5.91 Å². The largest absolute Gasteiger partial charge is 0.486 e. The van der Waals surface area contributed by atoms with Crippen LogP contribution in [0.4, 0.5) is 4.39 Å². The predicted molar refractivity (Wildman–Crippen MR) is 88.9 cm³/mol. The van der Waals surface area contributed by atoms with Gasteiger partial charge in [0.25, 0.3) is 5.91 Å². The fourth-order valence-corrected chi connectivity index (χ4v) is 3.56. The second kappa shape index (κ2) is 6.44. The minimum atomic E-state index is -0.345. The van der Waals surface area contributed by atoms with Gasteiger partial charge >= 0.3 is 0 Å². The molecule has 4 rings (SSSR count). The molecule has 1 spiro atoms. The number of halogens is 1. The van der Waals surface area contributed by atoms with Crippen molar-refractivity contribution in [2.45, 2.75) is 24.5 Å². The number of hydrogen-bond donors (Lipinski definition) is 0. The first-order valence-corrected chi connectivity index (χ1v) is 8.39. The van der Waals surface area contributed by atoms with Crippen molar-refractivity contribution in [1.82, 2.24) is 9.88 Å². The van der Waals surface area contributed by atoms with Crippen LogP contribution in [0.2, 0.25) is 0 Å². The highest BCUT2D eigenvalue weighted by Crippen LogP contribution is 2.37. The maximum absolute atomic E-state index is 13.0. The van der Waals surface area contributed by atoms with Gasteiger partial charge in [-0.2, -0.15) is 0 Å². The van der Waals surface area contributed by atoms with E-state index in [1.54, 1.807) is 17.3 Å². The van der Waals surface area contributed by atoms with Crippen molar-refractivity contribution in [3.05, 3.63) is 60.2 Å². The Morgan fingerprint density at radius 3 is 2.92 bits per heavy atom. The SMILES string of the molecule is O=C(c1ccc(F)cc1)N1CC[C@@]2(C[C@H](Oc3cccnc3)CO2)C1. The maximum atomic E-state index is 13.0. The Morgan fingerprint density at radius 1 is 1.32 bits per heavy atom. The van der Waals surface area contributed by atoms with E-state index in [0.29, 0.717) is 25.3 Å². The van der Waals surface area contributed by atoms with E-state index in [2.05, 4.69) is 4.98 Å². The molecule has 0 unspecified atom stereocenters. The molecule has 6 heteroatoms. The Balaban J connectivity index is 1.38. The van der Waals surface area contributed by atoms with Crippen LogP contribution in [0.15, 0.2) is 48.8 Å². The number of carbonyl (C=O) groups excluding carboxylic acids is 1. The number of aromatic nitrogens is 1. The van der Waals surface area contributed by atoms with Crippen molar-refractivity contribution < 1.29 is 18.7 Å². The van der Waals surface area contributed by atoms with Gasteiger partial charge in [-0.3, -0.25) is 9.78 Å². The minimum absolute atomic E-state index is 0.0370. The first-order chi connectivity index (χ1) is 12.1. The van der Waals surface area contributed by atoms with Crippen LogP contribution in [0.25, 0.3) is 0 Å². The Hall–Kier alpha value is -2.47. The summed E-state index contributed by atoms with van der Waals surface area (Å²) >= 11 is 0. The highest BCUT2D eigenvalue weighted by atomic mass is 19.1. The molecule has 0 N–H and O–H groups in total. The number of hydrogen-bond acceptors (Lipinski definition) is 4. The van der Waals surface area contributed by atoms with E-state index in [9.17, 15) is 9.18 Å². The van der Waals surface area contributed by atoms with Gasteiger partial charge in [-0.25, -0.2) is 4.39 Å². The third-order valence-corrected chi connectivity index (χ3v) is 4.81. The van der Waals surface area contributed by atoms with E-state index >= 15 is 0 Å². The average molecular weight is 342 g/mol. The van der Waals surface area contributed by atoms with Gasteiger partial charge in [0, 0.05) is 24.7 Å². The van der Waals surface area contributed by atoms with Gasteiger partial charge in [0.2, 0.25) is 0 Å². The normalized spacial score (nSPS) is 25.5. The van der Waals surface area contributed by atoms with E-state index in [1.165, 1.54) is 24.3 Å². The van der Waals surface area contributed by atoms with Crippen LogP contribution < -0.4 is 4.74 Å². The van der Waals surface area contributed by atoms with E-state index in [1.807, 2.05) is 12.1 Å². The zero-order valence-corrected chi connectivity index (χ0v) is 13.7. The smallest absolute Gasteiger partial charge is 0.253 e. The van der Waals surface area contributed by atoms with E-state index in [4.69, 9.17) is 9.47 Å². The molecule has 0 radical (unpaired) electrons. The summed E-state index contributed by atoms with van der Waals surface area (Å²) in [6.07, 6.45) is 4.88. The summed E-state index contributed by atoms with van der Waals surface area (Å²) in [5, 5.41) is 0. The molecule has 0 aliphatic carbocycles. The molecular weight excluding hydrogens is 323 g/mol. The van der Waals surface area contributed by atoms with Crippen molar-refractivity contribution in [3.63, 3.8) is 0 Å². The number of benzene rings is 1. The third-order valence-electron chi connectivity index (χ3n) is 4.81. The summed E-state index contributed by atoms with van der Waals surface area (Å²) in [6.45, 7) is 1.68. The van der Waals surface area contributed by atoms with Crippen molar-refractivity contribution in [1.29, 1.82) is 0 Å². The lowest BCUT2D eigenvalue weighted by atomic mass is 9.98. The first-order valence-electron chi connectivity index (χ1n) is 8.39. The van der Waals surface area contributed by atoms with Crippen LogP contribution in [0.5, 0.6) is 5.75 Å². The molecule has 0 saturated carbocycles. The van der Waals surface area contributed by atoms with E-state index in [-0.39, 0.29) is 23.4 Å². The second-order valence-corrected chi connectivity index (χ2v) is 6.61. The summed E-state index contributed by atoms with van der Waals surface area (Å²) in [5.41, 5.74) is 0.155. The molecule has 2 fully saturated rings. The van der Waals surface area contributed by atoms with Crippen LogP contribution in [-0.4, -0.2) is 47.2 Å². The molecule has 1 aromatic heterocycles. The topological polar surface area (TPSA) is 51.7 Å². The number of rotatable bonds is 3. The summed E-state index contributed by atoms with van der Waals surface area (Å²) < 4.78 is 25.0. The Morgan fingerprint density at radius 2 is 2.16 bits per heavy atom. The van der Waals surface area contributed by atoms with Crippen LogP contribution in [0, 0.1) is 5.82 Å². The van der Waals surface area contributed by atoms with E-state index in [0.717, 1.165) is 18.6 Å². The Bertz CT molecular complexity index is 753. The molecule has 2 aliphatic rings. The molecule has 2 aliphatic heterocycles. The Labute approximate surface area is 145 Å². The molecule has 5 nitrogen and oxygen atoms in total. The molecule has 25 heavy (non-hydrogen) atoms. The Kier molecular flexibility index (Phi) is 4.13. The highest BCUT2D eigenvalue weighted by Gasteiger charge is 2.47. The summed E-state index contributed by atoms with van der Waals surface area (Å²) in [7, 11) is 0. The minimum Gasteiger partial charge on any atom is -0.486 e. The molecule has 2 saturated heterocycles. The first kappa shape index (κ1) is 16.0. The summed E-state index contributed by atoms with van der Waals surface area (Å²) in [4.78, 5) is 18.4. The van der Waals surface area contributed by atoms with Gasteiger partial charge in [0.05, 0.1) is 24.9 Å². The standard InChI is InChI=1S/C19H19FN2O3/c20-15-5-3-14(4-6-15)18(23)22-9-7-19(13-22)10-17(12-24-19)25-16-2-1-8-21-11-16/h1-6,8,11,17H,7,9-10,12-13H2/t17-,19+/m0/s1. The maximum Gasteiger partial charge on any atom is 0.253 e. The molecule has 3 heterocycles. The number of nitrogens with zero attached hydrogens (tertiary/aromatic N) is 2. The third kappa shape index (κ3) is 3.35. The van der Waals surface area contributed by atoms with Gasteiger partial charge in [0.15, 0.2) is 0 Å². The number of carbonyl (C=O) groups is 1. The molecular formula is C19H19FN2O3. The fraction of sp³-hybridized carbons (Fsp3) is 0.368. The van der Waals surface area contributed by atoms with Crippen LogP contribution >= 0.6 is 0 Å². The molecule has 0 bridgehead atoms. The molecule has 1 aromatic carbocycles. The number of likely N-dealkylation sites (tertiary alicyclic amines) is 1. The van der Waals surface area contributed by atoms with Gasteiger partial charge in [-0.05, 0) is 42.8 Å². The lowest BCUT2D eigenvalue weighted by molar-refractivity contribution is 0.00995. The summed E-state index contributed by atoms with van der Waals surface area (Å²) in [5.74, 6) is 0.298. The van der Waals surface area contributed by atoms with Gasteiger partial charge in [-0.1, -0.05) is 0 Å². The zero-order chi connectivity index (χ0) is 17.3. The quantitative estimate of drug-likeness (QED) is 0.861. The van der Waals surface area contributed by atoms with Crippen molar-refractivity contribution in [2.75, 3.05) is 19.7 Å². The molecule has 1 amide bonds. The van der Waals surface area contributed by atoms with Gasteiger partial charge in [-0.15, -0.1) is 0 Å². The molecule has 2 atom stereocenters. The second-order valence-electron chi connectivity index (χ2n) is 6.61. The lowest BCUT2D eigenvalue weighted by Gasteiger charge is -2.23. The van der Waals surface area contributed by atoms with Gasteiger partial charge < -0.3 is 14.4 Å². The van der Waals surface area contributed by atoms with Crippen LogP contribution in [-0.2, 0) is 4.74 Å². The average Bonchev–Trinajstić information content (AvgIpc) is 3.23. The van der Waals surface area contributed by atoms with Crippen LogP contribution in [0.1, 0.15) is 23.2 Å². The number of pyridine rings is 1. The highest BCUT2D eigenvalue weighted by molar-refractivity contribution is 5.94. The number of ether oxygens (including phenoxy) is 2. The fourth-order valence-electron chi connectivity index (χ4n) is 3.56. The van der Waals surface area contributed by atoms with E-state index < -0.39 is 0 Å². The molecule has 2 aromatic rings. The van der Waals surface area contributed by atoms with Gasteiger partial charge in [0.1, 0.15) is 17.7 Å². The lowest BCUT2D eigenvalue weighted by Crippen LogP contribution is -2.36. The zero-order valence-electron chi connectivity index (χ0n) is 13.7. The molecule has 130 valence electrons. The van der Waals surface area contributed by atoms with Crippen molar-refractivity contribution in [2.24, 2.45) is 0 Å². The monoisotopic (exact) mass is 342 g/mol. The number of amides is 1. The predicted octanol–water partition coefficient (Wildman–Crippen LogP) is 2.67.